The molecule has 1 aromatic carbocycles. The predicted molar refractivity (Wildman–Crippen MR) is 88.6 cm³/mol. The second kappa shape index (κ2) is 9.06. The SMILES string of the molecule is CCCOc1ccc(C(CN)NC2CCCCCC2)cc1. The Bertz CT molecular complexity index is 383. The molecule has 1 aliphatic rings. The minimum Gasteiger partial charge on any atom is -0.494 e. The van der Waals surface area contributed by atoms with Crippen LogP contribution in [0.15, 0.2) is 24.3 Å². The topological polar surface area (TPSA) is 47.3 Å². The fraction of sp³-hybridized carbons (Fsp3) is 0.667. The minimum atomic E-state index is 0.258. The van der Waals surface area contributed by atoms with Gasteiger partial charge in [-0.25, -0.2) is 0 Å². The predicted octanol–water partition coefficient (Wildman–Crippen LogP) is 3.79. The molecule has 0 spiro atoms. The average molecular weight is 290 g/mol. The van der Waals surface area contributed by atoms with Gasteiger partial charge < -0.3 is 15.8 Å². The summed E-state index contributed by atoms with van der Waals surface area (Å²) in [5.41, 5.74) is 7.25. The Hall–Kier alpha value is -1.06. The van der Waals surface area contributed by atoms with Gasteiger partial charge in [0.1, 0.15) is 5.75 Å². The number of rotatable bonds is 7. The summed E-state index contributed by atoms with van der Waals surface area (Å²) in [6.07, 6.45) is 9.07. The van der Waals surface area contributed by atoms with Crippen LogP contribution in [-0.2, 0) is 0 Å². The van der Waals surface area contributed by atoms with Crippen molar-refractivity contribution in [2.45, 2.75) is 64.0 Å². The summed E-state index contributed by atoms with van der Waals surface area (Å²) in [4.78, 5) is 0. The third kappa shape index (κ3) is 5.33. The molecule has 2 rings (SSSR count). The van der Waals surface area contributed by atoms with Crippen LogP contribution in [-0.4, -0.2) is 19.2 Å². The zero-order chi connectivity index (χ0) is 14.9. The summed E-state index contributed by atoms with van der Waals surface area (Å²) in [5, 5.41) is 3.76. The summed E-state index contributed by atoms with van der Waals surface area (Å²) in [6.45, 7) is 3.54. The lowest BCUT2D eigenvalue weighted by molar-refractivity contribution is 0.317. The van der Waals surface area contributed by atoms with Gasteiger partial charge in [-0.05, 0) is 37.0 Å². The van der Waals surface area contributed by atoms with E-state index >= 15 is 0 Å². The van der Waals surface area contributed by atoms with Crippen molar-refractivity contribution in [3.05, 3.63) is 29.8 Å². The van der Waals surface area contributed by atoms with E-state index < -0.39 is 0 Å². The number of hydrogen-bond acceptors (Lipinski definition) is 3. The van der Waals surface area contributed by atoms with Crippen LogP contribution in [0.25, 0.3) is 0 Å². The Morgan fingerprint density at radius 3 is 2.38 bits per heavy atom. The molecule has 3 N–H and O–H groups in total. The molecule has 0 saturated heterocycles. The van der Waals surface area contributed by atoms with Gasteiger partial charge in [0.15, 0.2) is 0 Å². The summed E-state index contributed by atoms with van der Waals surface area (Å²) in [6, 6.07) is 9.29. The van der Waals surface area contributed by atoms with Crippen molar-refractivity contribution in [3.63, 3.8) is 0 Å². The molecule has 0 radical (unpaired) electrons. The Balaban J connectivity index is 1.92. The Morgan fingerprint density at radius 1 is 1.14 bits per heavy atom. The first-order valence-electron chi connectivity index (χ1n) is 8.52. The average Bonchev–Trinajstić information content (AvgIpc) is 2.80. The largest absolute Gasteiger partial charge is 0.494 e. The smallest absolute Gasteiger partial charge is 0.119 e. The van der Waals surface area contributed by atoms with E-state index in [1.54, 1.807) is 0 Å². The number of nitrogens with two attached hydrogens (primary N) is 1. The molecule has 1 fully saturated rings. The highest BCUT2D eigenvalue weighted by Gasteiger charge is 2.17. The van der Waals surface area contributed by atoms with E-state index in [4.69, 9.17) is 10.5 Å². The normalized spacial score (nSPS) is 18.2. The molecular weight excluding hydrogens is 260 g/mol. The van der Waals surface area contributed by atoms with E-state index in [2.05, 4.69) is 36.5 Å². The van der Waals surface area contributed by atoms with Crippen LogP contribution in [0.2, 0.25) is 0 Å². The fourth-order valence-electron chi connectivity index (χ4n) is 3.05. The third-order valence-electron chi connectivity index (χ3n) is 4.28. The maximum atomic E-state index is 5.99. The molecule has 0 aromatic heterocycles. The molecule has 0 amide bonds. The second-order valence-corrected chi connectivity index (χ2v) is 6.06. The van der Waals surface area contributed by atoms with Crippen molar-refractivity contribution in [2.24, 2.45) is 5.73 Å². The highest BCUT2D eigenvalue weighted by atomic mass is 16.5. The zero-order valence-electron chi connectivity index (χ0n) is 13.3. The maximum absolute atomic E-state index is 5.99. The molecular formula is C18H30N2O. The van der Waals surface area contributed by atoms with Crippen LogP contribution >= 0.6 is 0 Å². The van der Waals surface area contributed by atoms with Gasteiger partial charge >= 0.3 is 0 Å². The Labute approximate surface area is 129 Å². The summed E-state index contributed by atoms with van der Waals surface area (Å²) >= 11 is 0. The standard InChI is InChI=1S/C18H30N2O/c1-2-13-21-17-11-9-15(10-12-17)18(14-19)20-16-7-5-3-4-6-8-16/h9-12,16,18,20H,2-8,13-14,19H2,1H3. The van der Waals surface area contributed by atoms with Crippen molar-refractivity contribution in [1.82, 2.24) is 5.32 Å². The van der Waals surface area contributed by atoms with Gasteiger partial charge in [0.05, 0.1) is 6.61 Å². The van der Waals surface area contributed by atoms with E-state index in [1.807, 2.05) is 0 Å². The minimum absolute atomic E-state index is 0.258. The highest BCUT2D eigenvalue weighted by molar-refractivity contribution is 5.29. The lowest BCUT2D eigenvalue weighted by Gasteiger charge is -2.24. The lowest BCUT2D eigenvalue weighted by atomic mass is 10.0. The van der Waals surface area contributed by atoms with Gasteiger partial charge in [0, 0.05) is 18.6 Å². The van der Waals surface area contributed by atoms with Gasteiger partial charge in [0.25, 0.3) is 0 Å². The first-order chi connectivity index (χ1) is 10.3. The maximum Gasteiger partial charge on any atom is 0.119 e. The molecule has 0 bridgehead atoms. The third-order valence-corrected chi connectivity index (χ3v) is 4.28. The molecule has 3 heteroatoms. The van der Waals surface area contributed by atoms with E-state index in [9.17, 15) is 0 Å². The van der Waals surface area contributed by atoms with E-state index in [-0.39, 0.29) is 6.04 Å². The van der Waals surface area contributed by atoms with Gasteiger partial charge in [-0.2, -0.15) is 0 Å². The molecule has 21 heavy (non-hydrogen) atoms. The molecule has 3 nitrogen and oxygen atoms in total. The van der Waals surface area contributed by atoms with Crippen molar-refractivity contribution in [1.29, 1.82) is 0 Å². The summed E-state index contributed by atoms with van der Waals surface area (Å²) in [7, 11) is 0. The molecule has 118 valence electrons. The molecule has 0 aliphatic heterocycles. The van der Waals surface area contributed by atoms with Crippen LogP contribution in [0, 0.1) is 0 Å². The van der Waals surface area contributed by atoms with E-state index in [0.29, 0.717) is 12.6 Å². The monoisotopic (exact) mass is 290 g/mol. The van der Waals surface area contributed by atoms with Gasteiger partial charge in [0.2, 0.25) is 0 Å². The number of hydrogen-bond donors (Lipinski definition) is 2. The van der Waals surface area contributed by atoms with Gasteiger partial charge in [-0.1, -0.05) is 44.7 Å². The number of nitrogens with one attached hydrogen (secondary N) is 1. The Morgan fingerprint density at radius 2 is 1.81 bits per heavy atom. The molecule has 1 saturated carbocycles. The van der Waals surface area contributed by atoms with Crippen molar-refractivity contribution in [2.75, 3.05) is 13.2 Å². The van der Waals surface area contributed by atoms with Crippen LogP contribution < -0.4 is 15.8 Å². The van der Waals surface area contributed by atoms with Crippen molar-refractivity contribution in [3.8, 4) is 5.75 Å². The van der Waals surface area contributed by atoms with Crippen LogP contribution in [0.1, 0.15) is 63.5 Å². The van der Waals surface area contributed by atoms with Crippen LogP contribution in [0.5, 0.6) is 5.75 Å². The van der Waals surface area contributed by atoms with Crippen LogP contribution in [0.4, 0.5) is 0 Å². The van der Waals surface area contributed by atoms with E-state index in [1.165, 1.54) is 44.1 Å². The molecule has 1 atom stereocenters. The van der Waals surface area contributed by atoms with Crippen molar-refractivity contribution < 1.29 is 4.74 Å². The van der Waals surface area contributed by atoms with Crippen molar-refractivity contribution >= 4 is 0 Å². The molecule has 0 heterocycles. The Kier molecular flexibility index (Phi) is 7.04. The first-order valence-corrected chi connectivity index (χ1v) is 8.52. The van der Waals surface area contributed by atoms with Gasteiger partial charge in [-0.3, -0.25) is 0 Å². The number of ether oxygens (including phenoxy) is 1. The fourth-order valence-corrected chi connectivity index (χ4v) is 3.05. The molecule has 1 aromatic rings. The lowest BCUT2D eigenvalue weighted by Crippen LogP contribution is -2.36. The summed E-state index contributed by atoms with van der Waals surface area (Å²) < 4.78 is 5.64. The molecule has 1 unspecified atom stereocenters. The molecule has 1 aliphatic carbocycles. The number of benzene rings is 1. The first kappa shape index (κ1) is 16.3. The van der Waals surface area contributed by atoms with Crippen LogP contribution in [0.3, 0.4) is 0 Å². The van der Waals surface area contributed by atoms with Gasteiger partial charge in [-0.15, -0.1) is 0 Å². The highest BCUT2D eigenvalue weighted by Crippen LogP contribution is 2.22. The quantitative estimate of drug-likeness (QED) is 0.751. The second-order valence-electron chi connectivity index (χ2n) is 6.06. The summed E-state index contributed by atoms with van der Waals surface area (Å²) in [5.74, 6) is 0.950. The van der Waals surface area contributed by atoms with E-state index in [0.717, 1.165) is 18.8 Å². The zero-order valence-corrected chi connectivity index (χ0v) is 13.3.